The van der Waals surface area contributed by atoms with E-state index in [0.717, 1.165) is 36.5 Å². The zero-order chi connectivity index (χ0) is 29.0. The first-order chi connectivity index (χ1) is 18.0. The quantitative estimate of drug-likeness (QED) is 0.319. The van der Waals surface area contributed by atoms with E-state index >= 15 is 0 Å². The van der Waals surface area contributed by atoms with Gasteiger partial charge in [-0.15, -0.1) is 0 Å². The van der Waals surface area contributed by atoms with Crippen LogP contribution < -0.4 is 10.1 Å². The number of hydrogen-bond acceptors (Lipinski definition) is 6. The first kappa shape index (κ1) is 31.4. The molecule has 1 aliphatic carbocycles. The largest absolute Gasteiger partial charge is 0.490 e. The molecule has 2 aliphatic rings. The van der Waals surface area contributed by atoms with E-state index in [0.29, 0.717) is 18.5 Å². The summed E-state index contributed by atoms with van der Waals surface area (Å²) in [5.74, 6) is 1.18. The molecule has 1 atom stereocenters. The van der Waals surface area contributed by atoms with E-state index in [9.17, 15) is 9.59 Å². The lowest BCUT2D eigenvalue weighted by molar-refractivity contribution is -0.157. The molecule has 3 rings (SSSR count). The second-order valence-corrected chi connectivity index (χ2v) is 14.3. The molecule has 1 N–H and O–H groups in total. The van der Waals surface area contributed by atoms with Crippen molar-refractivity contribution in [2.45, 2.75) is 131 Å². The van der Waals surface area contributed by atoms with Gasteiger partial charge in [0.15, 0.2) is 0 Å². The molecule has 1 saturated carbocycles. The average Bonchev–Trinajstić information content (AvgIpc) is 2.80. The maximum absolute atomic E-state index is 13.6. The van der Waals surface area contributed by atoms with E-state index in [1.54, 1.807) is 0 Å². The molecule has 0 radical (unpaired) electrons. The van der Waals surface area contributed by atoms with Gasteiger partial charge in [-0.3, -0.25) is 14.9 Å². The van der Waals surface area contributed by atoms with Crippen molar-refractivity contribution in [1.82, 2.24) is 10.2 Å². The van der Waals surface area contributed by atoms with Crippen LogP contribution in [0, 0.1) is 11.3 Å². The van der Waals surface area contributed by atoms with Gasteiger partial charge in [0.05, 0.1) is 30.9 Å². The number of hydrogen-bond donors (Lipinski definition) is 1. The molecule has 7 nitrogen and oxygen atoms in total. The van der Waals surface area contributed by atoms with Crippen molar-refractivity contribution in [1.29, 1.82) is 0 Å². The van der Waals surface area contributed by atoms with Crippen LogP contribution in [0.4, 0.5) is 0 Å². The summed E-state index contributed by atoms with van der Waals surface area (Å²) in [5.41, 5.74) is 1.75. The van der Waals surface area contributed by atoms with Crippen molar-refractivity contribution in [3.8, 4) is 5.75 Å². The van der Waals surface area contributed by atoms with E-state index in [1.165, 1.54) is 18.4 Å². The number of carbonyl (C=O) groups is 2. The molecular formula is C32H52N2O5. The van der Waals surface area contributed by atoms with Gasteiger partial charge in [-0.1, -0.05) is 26.8 Å². The Hall–Kier alpha value is -2.12. The number of benzene rings is 1. The van der Waals surface area contributed by atoms with Crippen molar-refractivity contribution in [2.75, 3.05) is 13.3 Å². The van der Waals surface area contributed by atoms with Gasteiger partial charge < -0.3 is 19.1 Å². The van der Waals surface area contributed by atoms with E-state index in [4.69, 9.17) is 14.2 Å². The lowest BCUT2D eigenvalue weighted by Crippen LogP contribution is -2.50. The van der Waals surface area contributed by atoms with Gasteiger partial charge in [-0.05, 0) is 108 Å². The number of carbonyl (C=O) groups excluding carboxylic acids is 2. The molecule has 0 saturated heterocycles. The molecular weight excluding hydrogens is 492 g/mol. The Balaban J connectivity index is 1.61. The van der Waals surface area contributed by atoms with Crippen molar-refractivity contribution in [3.05, 3.63) is 29.3 Å². The summed E-state index contributed by atoms with van der Waals surface area (Å²) in [6, 6.07) is 5.57. The normalized spacial score (nSPS) is 21.2. The van der Waals surface area contributed by atoms with Gasteiger partial charge in [0, 0.05) is 13.1 Å². The Morgan fingerprint density at radius 3 is 2.21 bits per heavy atom. The molecule has 1 fully saturated rings. The Morgan fingerprint density at radius 2 is 1.62 bits per heavy atom. The molecule has 39 heavy (non-hydrogen) atoms. The minimum atomic E-state index is -0.713. The summed E-state index contributed by atoms with van der Waals surface area (Å²) in [6.07, 6.45) is 5.63. The second kappa shape index (κ2) is 12.6. The van der Waals surface area contributed by atoms with Crippen LogP contribution in [0.3, 0.4) is 0 Å². The molecule has 1 amide bonds. The minimum absolute atomic E-state index is 0.0444. The fraction of sp³-hybridized carbons (Fsp3) is 0.750. The molecule has 1 aromatic rings. The minimum Gasteiger partial charge on any atom is -0.490 e. The number of amides is 1. The van der Waals surface area contributed by atoms with Crippen molar-refractivity contribution in [2.24, 2.45) is 11.3 Å². The molecule has 1 unspecified atom stereocenters. The Kier molecular flexibility index (Phi) is 10.1. The van der Waals surface area contributed by atoms with E-state index in [2.05, 4.69) is 38.2 Å². The fourth-order valence-corrected chi connectivity index (χ4v) is 5.41. The summed E-state index contributed by atoms with van der Waals surface area (Å²) in [4.78, 5) is 28.0. The highest BCUT2D eigenvalue weighted by Gasteiger charge is 2.32. The molecule has 0 bridgehead atoms. The predicted molar refractivity (Wildman–Crippen MR) is 154 cm³/mol. The number of rotatable bonds is 8. The SMILES string of the molecule is CC(C)(C)OCNC(CC(=O)OC(C)(C)C)C(=O)N1CCc2cc(OC3CCC(C(C)(C)C)CC3)ccc2C1. The number of ether oxygens (including phenoxy) is 3. The fourth-order valence-electron chi connectivity index (χ4n) is 5.41. The highest BCUT2D eigenvalue weighted by atomic mass is 16.6. The number of esters is 1. The zero-order valence-electron chi connectivity index (χ0n) is 25.8. The lowest BCUT2D eigenvalue weighted by Gasteiger charge is -2.37. The maximum atomic E-state index is 13.6. The van der Waals surface area contributed by atoms with Crippen LogP contribution in [0.1, 0.15) is 106 Å². The van der Waals surface area contributed by atoms with Gasteiger partial charge >= 0.3 is 5.97 Å². The summed E-state index contributed by atoms with van der Waals surface area (Å²) in [7, 11) is 0. The van der Waals surface area contributed by atoms with E-state index < -0.39 is 17.6 Å². The molecule has 0 aromatic heterocycles. The zero-order valence-corrected chi connectivity index (χ0v) is 25.8. The molecule has 7 heteroatoms. The summed E-state index contributed by atoms with van der Waals surface area (Å²) in [5, 5.41) is 3.15. The number of fused-ring (bicyclic) bond motifs is 1. The topological polar surface area (TPSA) is 77.1 Å². The van der Waals surface area contributed by atoms with Gasteiger partial charge in [0.1, 0.15) is 11.4 Å². The number of nitrogens with one attached hydrogen (secondary N) is 1. The second-order valence-electron chi connectivity index (χ2n) is 14.3. The Labute approximate surface area is 236 Å². The monoisotopic (exact) mass is 544 g/mol. The smallest absolute Gasteiger partial charge is 0.308 e. The lowest BCUT2D eigenvalue weighted by atomic mass is 9.72. The van der Waals surface area contributed by atoms with Crippen LogP contribution >= 0.6 is 0 Å². The van der Waals surface area contributed by atoms with Crippen LogP contribution in [0.25, 0.3) is 0 Å². The van der Waals surface area contributed by atoms with Crippen LogP contribution in [0.15, 0.2) is 18.2 Å². The Morgan fingerprint density at radius 1 is 0.949 bits per heavy atom. The maximum Gasteiger partial charge on any atom is 0.308 e. The van der Waals surface area contributed by atoms with Gasteiger partial charge in [-0.2, -0.15) is 0 Å². The van der Waals surface area contributed by atoms with Crippen molar-refractivity contribution < 1.29 is 23.8 Å². The first-order valence-corrected chi connectivity index (χ1v) is 14.7. The average molecular weight is 545 g/mol. The predicted octanol–water partition coefficient (Wildman–Crippen LogP) is 6.02. The molecule has 220 valence electrons. The summed E-state index contributed by atoms with van der Waals surface area (Å²) in [6.45, 7) is 19.6. The first-order valence-electron chi connectivity index (χ1n) is 14.7. The van der Waals surface area contributed by atoms with Crippen LogP contribution in [-0.2, 0) is 32.0 Å². The molecule has 1 aromatic carbocycles. The molecule has 1 heterocycles. The van der Waals surface area contributed by atoms with Crippen LogP contribution in [0.2, 0.25) is 0 Å². The summed E-state index contributed by atoms with van der Waals surface area (Å²) < 4.78 is 17.7. The van der Waals surface area contributed by atoms with E-state index in [-0.39, 0.29) is 30.8 Å². The van der Waals surface area contributed by atoms with Crippen molar-refractivity contribution in [3.63, 3.8) is 0 Å². The number of nitrogens with zero attached hydrogens (tertiary/aromatic N) is 1. The standard InChI is InChI=1S/C32H52N2O5/c1-30(2,3)24-11-14-25(15-12-24)38-26-13-10-23-20-34(17-16-22(23)18-26)29(36)27(33-21-37-31(4,5)6)19-28(35)39-32(7,8)9/h10,13,18,24-25,27,33H,11-12,14-17,19-21H2,1-9H3. The van der Waals surface area contributed by atoms with Gasteiger partial charge in [-0.25, -0.2) is 0 Å². The van der Waals surface area contributed by atoms with E-state index in [1.807, 2.05) is 52.5 Å². The van der Waals surface area contributed by atoms with Crippen LogP contribution in [0.5, 0.6) is 5.75 Å². The highest BCUT2D eigenvalue weighted by Crippen LogP contribution is 2.39. The van der Waals surface area contributed by atoms with Crippen LogP contribution in [-0.4, -0.2) is 53.4 Å². The molecule has 0 spiro atoms. The highest BCUT2D eigenvalue weighted by molar-refractivity contribution is 5.87. The molecule has 1 aliphatic heterocycles. The third kappa shape index (κ3) is 10.1. The van der Waals surface area contributed by atoms with Gasteiger partial charge in [0.25, 0.3) is 0 Å². The van der Waals surface area contributed by atoms with Gasteiger partial charge in [0.2, 0.25) is 5.91 Å². The Bertz CT molecular complexity index is 978. The third-order valence-electron chi connectivity index (χ3n) is 7.63. The summed E-state index contributed by atoms with van der Waals surface area (Å²) >= 11 is 0. The van der Waals surface area contributed by atoms with Crippen molar-refractivity contribution >= 4 is 11.9 Å². The third-order valence-corrected chi connectivity index (χ3v) is 7.63.